The molecule has 0 spiro atoms. The van der Waals surface area contributed by atoms with E-state index in [0.717, 1.165) is 30.8 Å². The summed E-state index contributed by atoms with van der Waals surface area (Å²) in [6, 6.07) is 5.45. The molecule has 0 radical (unpaired) electrons. The first kappa shape index (κ1) is 14.3. The first-order valence-corrected chi connectivity index (χ1v) is 6.88. The van der Waals surface area contributed by atoms with Crippen LogP contribution in [0, 0.1) is 6.92 Å². The van der Waals surface area contributed by atoms with Crippen molar-refractivity contribution in [3.8, 4) is 0 Å². The predicted molar refractivity (Wildman–Crippen MR) is 78.7 cm³/mol. The van der Waals surface area contributed by atoms with Crippen LogP contribution in [0.2, 0.25) is 5.02 Å². The molecule has 1 fully saturated rings. The van der Waals surface area contributed by atoms with E-state index in [0.29, 0.717) is 11.6 Å². The Morgan fingerprint density at radius 1 is 1.53 bits per heavy atom. The fraction of sp³-hybridized carbons (Fsp3) is 0.500. The minimum Gasteiger partial charge on any atom is -0.325 e. The Bertz CT molecular complexity index is 470. The van der Waals surface area contributed by atoms with Gasteiger partial charge in [0.15, 0.2) is 0 Å². The molecule has 1 amide bonds. The Labute approximate surface area is 118 Å². The normalized spacial score (nSPS) is 22.5. The van der Waals surface area contributed by atoms with E-state index in [1.165, 1.54) is 0 Å². The Balaban J connectivity index is 1.87. The van der Waals surface area contributed by atoms with Crippen LogP contribution in [0.5, 0.6) is 0 Å². The molecular weight excluding hydrogens is 262 g/mol. The van der Waals surface area contributed by atoms with Gasteiger partial charge in [0.1, 0.15) is 0 Å². The lowest BCUT2D eigenvalue weighted by atomic mass is 10.0. The number of carbonyl (C=O) groups is 1. The number of halogens is 1. The third kappa shape index (κ3) is 3.93. The van der Waals surface area contributed by atoms with E-state index in [1.807, 2.05) is 19.1 Å². The van der Waals surface area contributed by atoms with Crippen molar-refractivity contribution in [3.05, 3.63) is 28.8 Å². The maximum atomic E-state index is 11.9. The number of hydrogen-bond donors (Lipinski definition) is 3. The van der Waals surface area contributed by atoms with Gasteiger partial charge < -0.3 is 16.0 Å². The van der Waals surface area contributed by atoms with E-state index in [1.54, 1.807) is 6.07 Å². The van der Waals surface area contributed by atoms with Crippen LogP contribution in [0.3, 0.4) is 0 Å². The number of amides is 1. The summed E-state index contributed by atoms with van der Waals surface area (Å²) in [6.07, 6.45) is 1.04. The number of aryl methyl sites for hydroxylation is 1. The van der Waals surface area contributed by atoms with Gasteiger partial charge in [-0.15, -0.1) is 0 Å². The molecule has 1 aliphatic rings. The van der Waals surface area contributed by atoms with Crippen molar-refractivity contribution in [3.63, 3.8) is 0 Å². The Morgan fingerprint density at radius 2 is 2.32 bits per heavy atom. The van der Waals surface area contributed by atoms with Crippen LogP contribution in [0.4, 0.5) is 5.69 Å². The lowest BCUT2D eigenvalue weighted by Crippen LogP contribution is -2.47. The summed E-state index contributed by atoms with van der Waals surface area (Å²) < 4.78 is 0. The third-order valence-electron chi connectivity index (χ3n) is 3.51. The number of nitrogens with one attached hydrogen (secondary N) is 3. The molecule has 1 aromatic carbocycles. The summed E-state index contributed by atoms with van der Waals surface area (Å²) in [5, 5.41) is 10.2. The molecule has 0 saturated carbocycles. The van der Waals surface area contributed by atoms with Crippen molar-refractivity contribution in [2.75, 3.05) is 25.0 Å². The highest BCUT2D eigenvalue weighted by Crippen LogP contribution is 2.19. The molecule has 1 unspecified atom stereocenters. The van der Waals surface area contributed by atoms with Crippen LogP contribution < -0.4 is 16.0 Å². The second-order valence-corrected chi connectivity index (χ2v) is 5.78. The molecule has 0 aliphatic carbocycles. The van der Waals surface area contributed by atoms with Crippen molar-refractivity contribution in [2.45, 2.75) is 25.8 Å². The maximum Gasteiger partial charge on any atom is 0.238 e. The molecule has 1 atom stereocenters. The van der Waals surface area contributed by atoms with Gasteiger partial charge in [0, 0.05) is 22.8 Å². The van der Waals surface area contributed by atoms with Crippen molar-refractivity contribution in [1.82, 2.24) is 10.6 Å². The number of hydrogen-bond acceptors (Lipinski definition) is 3. The molecule has 0 bridgehead atoms. The lowest BCUT2D eigenvalue weighted by Gasteiger charge is -2.24. The summed E-state index contributed by atoms with van der Waals surface area (Å²) >= 11 is 5.89. The summed E-state index contributed by atoms with van der Waals surface area (Å²) in [4.78, 5) is 11.9. The van der Waals surface area contributed by atoms with Crippen LogP contribution in [0.25, 0.3) is 0 Å². The van der Waals surface area contributed by atoms with Crippen LogP contribution in [0.1, 0.15) is 18.9 Å². The zero-order chi connectivity index (χ0) is 13.9. The van der Waals surface area contributed by atoms with E-state index in [4.69, 9.17) is 11.6 Å². The lowest BCUT2D eigenvalue weighted by molar-refractivity contribution is -0.115. The standard InChI is InChI=1S/C14H20ClN3O/c1-10-7-11(15)3-4-12(10)18-13(19)8-17-14(2)5-6-16-9-14/h3-4,7,16-17H,5-6,8-9H2,1-2H3,(H,18,19). The van der Waals surface area contributed by atoms with Crippen molar-refractivity contribution < 1.29 is 4.79 Å². The minimum atomic E-state index is -0.0291. The number of rotatable bonds is 4. The SMILES string of the molecule is Cc1cc(Cl)ccc1NC(=O)CNC1(C)CCNC1. The van der Waals surface area contributed by atoms with Gasteiger partial charge in [0.05, 0.1) is 6.54 Å². The van der Waals surface area contributed by atoms with Crippen LogP contribution in [-0.2, 0) is 4.79 Å². The van der Waals surface area contributed by atoms with E-state index in [2.05, 4.69) is 22.9 Å². The van der Waals surface area contributed by atoms with Crippen LogP contribution in [0.15, 0.2) is 18.2 Å². The zero-order valence-electron chi connectivity index (χ0n) is 11.3. The molecular formula is C14H20ClN3O. The number of anilines is 1. The third-order valence-corrected chi connectivity index (χ3v) is 3.74. The van der Waals surface area contributed by atoms with Gasteiger partial charge in [-0.2, -0.15) is 0 Å². The Hall–Kier alpha value is -1.10. The maximum absolute atomic E-state index is 11.9. The Kier molecular flexibility index (Phi) is 4.45. The quantitative estimate of drug-likeness (QED) is 0.790. The van der Waals surface area contributed by atoms with Gasteiger partial charge >= 0.3 is 0 Å². The molecule has 19 heavy (non-hydrogen) atoms. The first-order chi connectivity index (χ1) is 8.98. The molecule has 3 N–H and O–H groups in total. The van der Waals surface area contributed by atoms with Gasteiger partial charge in [0.2, 0.25) is 5.91 Å². The zero-order valence-corrected chi connectivity index (χ0v) is 12.1. The highest BCUT2D eigenvalue weighted by Gasteiger charge is 2.28. The van der Waals surface area contributed by atoms with Crippen LogP contribution >= 0.6 is 11.6 Å². The van der Waals surface area contributed by atoms with Crippen molar-refractivity contribution in [2.24, 2.45) is 0 Å². The summed E-state index contributed by atoms with van der Waals surface area (Å²) in [6.45, 7) is 6.28. The molecule has 1 aromatic rings. The largest absolute Gasteiger partial charge is 0.325 e. The molecule has 2 rings (SSSR count). The molecule has 4 nitrogen and oxygen atoms in total. The molecule has 5 heteroatoms. The van der Waals surface area contributed by atoms with Crippen molar-refractivity contribution >= 4 is 23.2 Å². The number of benzene rings is 1. The number of carbonyl (C=O) groups excluding carboxylic acids is 1. The van der Waals surface area contributed by atoms with Crippen LogP contribution in [-0.4, -0.2) is 31.1 Å². The summed E-state index contributed by atoms with van der Waals surface area (Å²) in [5.74, 6) is -0.0291. The molecule has 1 aliphatic heterocycles. The highest BCUT2D eigenvalue weighted by molar-refractivity contribution is 6.30. The predicted octanol–water partition coefficient (Wildman–Crippen LogP) is 1.93. The highest BCUT2D eigenvalue weighted by atomic mass is 35.5. The average molecular weight is 282 g/mol. The fourth-order valence-corrected chi connectivity index (χ4v) is 2.45. The van der Waals surface area contributed by atoms with E-state index < -0.39 is 0 Å². The van der Waals surface area contributed by atoms with Gasteiger partial charge in [-0.05, 0) is 50.6 Å². The van der Waals surface area contributed by atoms with Gasteiger partial charge in [-0.1, -0.05) is 11.6 Å². The topological polar surface area (TPSA) is 53.2 Å². The second kappa shape index (κ2) is 5.90. The van der Waals surface area contributed by atoms with Gasteiger partial charge in [-0.3, -0.25) is 4.79 Å². The molecule has 104 valence electrons. The monoisotopic (exact) mass is 281 g/mol. The molecule has 1 heterocycles. The van der Waals surface area contributed by atoms with Crippen molar-refractivity contribution in [1.29, 1.82) is 0 Å². The fourth-order valence-electron chi connectivity index (χ4n) is 2.22. The van der Waals surface area contributed by atoms with E-state index >= 15 is 0 Å². The van der Waals surface area contributed by atoms with Gasteiger partial charge in [-0.25, -0.2) is 0 Å². The average Bonchev–Trinajstić information content (AvgIpc) is 2.78. The second-order valence-electron chi connectivity index (χ2n) is 5.35. The molecule has 1 saturated heterocycles. The first-order valence-electron chi connectivity index (χ1n) is 6.50. The molecule has 0 aromatic heterocycles. The smallest absolute Gasteiger partial charge is 0.238 e. The summed E-state index contributed by atoms with van der Waals surface area (Å²) in [7, 11) is 0. The van der Waals surface area contributed by atoms with E-state index in [9.17, 15) is 4.79 Å². The Morgan fingerprint density at radius 3 is 2.95 bits per heavy atom. The van der Waals surface area contributed by atoms with Gasteiger partial charge in [0.25, 0.3) is 0 Å². The van der Waals surface area contributed by atoms with E-state index in [-0.39, 0.29) is 11.4 Å². The summed E-state index contributed by atoms with van der Waals surface area (Å²) in [5.41, 5.74) is 1.80. The minimum absolute atomic E-state index is 0.0202.